The van der Waals surface area contributed by atoms with E-state index in [1.165, 1.54) is 12.1 Å². The first-order chi connectivity index (χ1) is 9.63. The van der Waals surface area contributed by atoms with Crippen LogP contribution in [0.15, 0.2) is 24.3 Å². The SMILES string of the molecule is O=C(Cc1ccc(F)cc1)C1CC2CCCC(C1)S2=O. The fraction of sp³-hybridized carbons (Fsp3) is 0.562. The summed E-state index contributed by atoms with van der Waals surface area (Å²) in [6.45, 7) is 0. The maximum absolute atomic E-state index is 12.9. The van der Waals surface area contributed by atoms with E-state index in [4.69, 9.17) is 0 Å². The van der Waals surface area contributed by atoms with Gasteiger partial charge in [0.15, 0.2) is 0 Å². The van der Waals surface area contributed by atoms with Gasteiger partial charge in [-0.1, -0.05) is 18.6 Å². The van der Waals surface area contributed by atoms with Crippen molar-refractivity contribution >= 4 is 16.6 Å². The molecular formula is C16H19FO2S. The smallest absolute Gasteiger partial charge is 0.140 e. The van der Waals surface area contributed by atoms with E-state index in [9.17, 15) is 13.4 Å². The monoisotopic (exact) mass is 294 g/mol. The zero-order valence-corrected chi connectivity index (χ0v) is 12.2. The van der Waals surface area contributed by atoms with E-state index < -0.39 is 10.8 Å². The molecule has 20 heavy (non-hydrogen) atoms. The van der Waals surface area contributed by atoms with Crippen LogP contribution in [0.2, 0.25) is 0 Å². The molecule has 2 heterocycles. The molecule has 3 rings (SSSR count). The van der Waals surface area contributed by atoms with Crippen molar-refractivity contribution in [1.29, 1.82) is 0 Å². The summed E-state index contributed by atoms with van der Waals surface area (Å²) in [5.41, 5.74) is 0.869. The second kappa shape index (κ2) is 5.76. The van der Waals surface area contributed by atoms with Crippen molar-refractivity contribution < 1.29 is 13.4 Å². The highest BCUT2D eigenvalue weighted by molar-refractivity contribution is 7.86. The van der Waals surface area contributed by atoms with Crippen LogP contribution in [0, 0.1) is 11.7 Å². The van der Waals surface area contributed by atoms with Crippen LogP contribution < -0.4 is 0 Å². The lowest BCUT2D eigenvalue weighted by Gasteiger charge is -2.37. The third-order valence-corrected chi connectivity index (χ3v) is 6.72. The molecule has 2 unspecified atom stereocenters. The highest BCUT2D eigenvalue weighted by atomic mass is 32.2. The quantitative estimate of drug-likeness (QED) is 0.859. The summed E-state index contributed by atoms with van der Waals surface area (Å²) in [6.07, 6.45) is 5.09. The van der Waals surface area contributed by atoms with Crippen molar-refractivity contribution in [2.45, 2.75) is 49.0 Å². The molecule has 2 bridgehead atoms. The summed E-state index contributed by atoms with van der Waals surface area (Å²) in [6, 6.07) is 6.14. The van der Waals surface area contributed by atoms with E-state index in [0.29, 0.717) is 6.42 Å². The number of hydrogen-bond donors (Lipinski definition) is 0. The molecule has 0 aromatic heterocycles. The summed E-state index contributed by atoms with van der Waals surface area (Å²) in [7, 11) is -0.725. The molecule has 2 aliphatic heterocycles. The number of hydrogen-bond acceptors (Lipinski definition) is 2. The zero-order chi connectivity index (χ0) is 14.1. The van der Waals surface area contributed by atoms with Crippen molar-refractivity contribution in [2.75, 3.05) is 0 Å². The fourth-order valence-electron chi connectivity index (χ4n) is 3.44. The van der Waals surface area contributed by atoms with Crippen LogP contribution in [0.3, 0.4) is 0 Å². The Bertz CT molecular complexity index is 510. The highest BCUT2D eigenvalue weighted by Gasteiger charge is 2.40. The summed E-state index contributed by atoms with van der Waals surface area (Å²) in [5, 5.41) is 0.453. The molecule has 0 radical (unpaired) electrons. The number of carbonyl (C=O) groups excluding carboxylic acids is 1. The molecule has 108 valence electrons. The maximum Gasteiger partial charge on any atom is 0.140 e. The van der Waals surface area contributed by atoms with Crippen LogP contribution in [-0.4, -0.2) is 20.5 Å². The number of ketones is 1. The minimum absolute atomic E-state index is 0.0491. The van der Waals surface area contributed by atoms with E-state index in [1.807, 2.05) is 0 Å². The zero-order valence-electron chi connectivity index (χ0n) is 11.4. The van der Waals surface area contributed by atoms with Gasteiger partial charge in [0.25, 0.3) is 0 Å². The summed E-state index contributed by atoms with van der Waals surface area (Å²) in [5.74, 6) is 0.00190. The van der Waals surface area contributed by atoms with Crippen molar-refractivity contribution in [3.63, 3.8) is 0 Å². The van der Waals surface area contributed by atoms with Gasteiger partial charge in [-0.05, 0) is 43.4 Å². The Morgan fingerprint density at radius 1 is 1.15 bits per heavy atom. The Hall–Kier alpha value is -1.03. The van der Waals surface area contributed by atoms with E-state index >= 15 is 0 Å². The van der Waals surface area contributed by atoms with E-state index in [2.05, 4.69) is 0 Å². The molecule has 0 amide bonds. The van der Waals surface area contributed by atoms with E-state index in [-0.39, 0.29) is 28.0 Å². The second-order valence-electron chi connectivity index (χ2n) is 5.94. The van der Waals surface area contributed by atoms with Crippen LogP contribution in [0.5, 0.6) is 0 Å². The molecule has 0 aliphatic carbocycles. The van der Waals surface area contributed by atoms with Crippen LogP contribution in [0.1, 0.15) is 37.7 Å². The molecule has 2 nitrogen and oxygen atoms in total. The Morgan fingerprint density at radius 3 is 2.35 bits per heavy atom. The van der Waals surface area contributed by atoms with Gasteiger partial charge in [0.2, 0.25) is 0 Å². The molecule has 0 N–H and O–H groups in total. The van der Waals surface area contributed by atoms with E-state index in [0.717, 1.165) is 37.7 Å². The molecule has 0 saturated carbocycles. The van der Waals surface area contributed by atoms with Crippen molar-refractivity contribution in [3.8, 4) is 0 Å². The molecule has 2 aliphatic rings. The molecule has 2 fully saturated rings. The first-order valence-electron chi connectivity index (χ1n) is 7.30. The summed E-state index contributed by atoms with van der Waals surface area (Å²) < 4.78 is 25.0. The Balaban J connectivity index is 1.66. The lowest BCUT2D eigenvalue weighted by Crippen LogP contribution is -2.41. The van der Waals surface area contributed by atoms with Gasteiger partial charge < -0.3 is 0 Å². The number of fused-ring (bicyclic) bond motifs is 2. The predicted molar refractivity (Wildman–Crippen MR) is 77.4 cm³/mol. The average molecular weight is 294 g/mol. The van der Waals surface area contributed by atoms with Gasteiger partial charge >= 0.3 is 0 Å². The maximum atomic E-state index is 12.9. The number of rotatable bonds is 3. The van der Waals surface area contributed by atoms with Crippen LogP contribution in [0.4, 0.5) is 4.39 Å². The largest absolute Gasteiger partial charge is 0.299 e. The average Bonchev–Trinajstić information content (AvgIpc) is 2.41. The molecule has 2 atom stereocenters. The predicted octanol–water partition coefficient (Wildman–Crippen LogP) is 3.02. The van der Waals surface area contributed by atoms with Gasteiger partial charge in [0.05, 0.1) is 0 Å². The molecular weight excluding hydrogens is 275 g/mol. The number of benzene rings is 1. The Kier molecular flexibility index (Phi) is 4.01. The van der Waals surface area contributed by atoms with Gasteiger partial charge in [0, 0.05) is 33.6 Å². The van der Waals surface area contributed by atoms with Gasteiger partial charge in [-0.25, -0.2) is 4.39 Å². The summed E-state index contributed by atoms with van der Waals surface area (Å²) >= 11 is 0. The lowest BCUT2D eigenvalue weighted by atomic mass is 9.85. The van der Waals surface area contributed by atoms with Crippen LogP contribution >= 0.6 is 0 Å². The third-order valence-electron chi connectivity index (χ3n) is 4.55. The van der Waals surface area contributed by atoms with Gasteiger partial charge in [-0.2, -0.15) is 0 Å². The minimum Gasteiger partial charge on any atom is -0.299 e. The Morgan fingerprint density at radius 2 is 1.75 bits per heavy atom. The van der Waals surface area contributed by atoms with Gasteiger partial charge in [0.1, 0.15) is 11.6 Å². The first kappa shape index (κ1) is 13.9. The van der Waals surface area contributed by atoms with Crippen LogP contribution in [0.25, 0.3) is 0 Å². The molecule has 1 aromatic carbocycles. The van der Waals surface area contributed by atoms with Crippen molar-refractivity contribution in [2.24, 2.45) is 5.92 Å². The normalized spacial score (nSPS) is 32.9. The second-order valence-corrected chi connectivity index (χ2v) is 7.93. The number of Topliss-reactive ketones (excluding diaryl/α,β-unsaturated/α-hetero) is 1. The fourth-order valence-corrected chi connectivity index (χ4v) is 5.63. The first-order valence-corrected chi connectivity index (χ1v) is 8.57. The van der Waals surface area contributed by atoms with Crippen LogP contribution in [-0.2, 0) is 22.0 Å². The molecule has 0 spiro atoms. The minimum atomic E-state index is -0.725. The van der Waals surface area contributed by atoms with Crippen molar-refractivity contribution in [1.82, 2.24) is 0 Å². The highest BCUT2D eigenvalue weighted by Crippen LogP contribution is 2.37. The molecule has 2 saturated heterocycles. The number of halogens is 1. The molecule has 4 heteroatoms. The topological polar surface area (TPSA) is 34.1 Å². The molecule has 1 aromatic rings. The number of carbonyl (C=O) groups is 1. The van der Waals surface area contributed by atoms with Crippen molar-refractivity contribution in [3.05, 3.63) is 35.6 Å². The lowest BCUT2D eigenvalue weighted by molar-refractivity contribution is -0.122. The van der Waals surface area contributed by atoms with E-state index in [1.54, 1.807) is 12.1 Å². The van der Waals surface area contributed by atoms with Gasteiger partial charge in [-0.3, -0.25) is 9.00 Å². The standard InChI is InChI=1S/C16H19FO2S/c17-13-6-4-11(5-7-13)8-16(18)12-9-14-2-1-3-15(10-12)20(14)19/h4-7,12,14-15H,1-3,8-10H2. The summed E-state index contributed by atoms with van der Waals surface area (Å²) in [4.78, 5) is 12.4. The van der Waals surface area contributed by atoms with Gasteiger partial charge in [-0.15, -0.1) is 0 Å². The third kappa shape index (κ3) is 2.85. The Labute approximate surface area is 121 Å².